The van der Waals surface area contributed by atoms with E-state index in [1.807, 2.05) is 0 Å². The third kappa shape index (κ3) is 27.6. The summed E-state index contributed by atoms with van der Waals surface area (Å²) >= 11 is 0. The number of amides is 4. The minimum atomic E-state index is -1.03. The molecule has 0 aliphatic carbocycles. The fraction of sp³-hybridized carbons (Fsp3) is 0.821. The molecule has 0 saturated heterocycles. The van der Waals surface area contributed by atoms with Gasteiger partial charge in [-0.25, -0.2) is 14.4 Å². The van der Waals surface area contributed by atoms with Crippen molar-refractivity contribution in [1.29, 1.82) is 0 Å². The van der Waals surface area contributed by atoms with E-state index >= 15 is 0 Å². The normalized spacial score (nSPS) is 11.4. The monoisotopic (exact) mass is 636 g/mol. The van der Waals surface area contributed by atoms with Gasteiger partial charge in [-0.1, -0.05) is 0 Å². The van der Waals surface area contributed by atoms with Gasteiger partial charge in [0, 0.05) is 45.6 Å². The number of carbonyl (C=O) groups excluding carboxylic acids is 4. The van der Waals surface area contributed by atoms with Gasteiger partial charge >= 0.3 is 18.2 Å². The van der Waals surface area contributed by atoms with Crippen molar-refractivity contribution in [1.82, 2.24) is 20.9 Å². The second-order valence-electron chi connectivity index (χ2n) is 11.4. The summed E-state index contributed by atoms with van der Waals surface area (Å²) in [5.41, 5.74) is -1.33. The number of hydrogen-bond donors (Lipinski definition) is 4. The highest BCUT2D eigenvalue weighted by Gasteiger charge is 2.20. The van der Waals surface area contributed by atoms with Gasteiger partial charge in [0.2, 0.25) is 11.8 Å². The Kier molecular flexibility index (Phi) is 21.5. The zero-order valence-corrected chi connectivity index (χ0v) is 27.0. The molecule has 0 aliphatic heterocycles. The van der Waals surface area contributed by atoms with Gasteiger partial charge in [0.1, 0.15) is 17.8 Å². The van der Waals surface area contributed by atoms with Crippen molar-refractivity contribution in [2.45, 2.75) is 65.6 Å². The predicted molar refractivity (Wildman–Crippen MR) is 158 cm³/mol. The van der Waals surface area contributed by atoms with E-state index in [9.17, 15) is 24.0 Å². The maximum Gasteiger partial charge on any atom is 0.407 e. The van der Waals surface area contributed by atoms with Crippen molar-refractivity contribution < 1.29 is 57.5 Å². The fourth-order valence-corrected chi connectivity index (χ4v) is 3.12. The highest BCUT2D eigenvalue weighted by molar-refractivity contribution is 5.83. The summed E-state index contributed by atoms with van der Waals surface area (Å²) < 4.78 is 31.2. The third-order valence-electron chi connectivity index (χ3n) is 4.93. The number of carboxylic acids is 1. The summed E-state index contributed by atoms with van der Waals surface area (Å²) in [6, 6.07) is 0. The van der Waals surface area contributed by atoms with Gasteiger partial charge in [-0.3, -0.25) is 9.59 Å². The van der Waals surface area contributed by atoms with Crippen molar-refractivity contribution in [3.63, 3.8) is 0 Å². The number of nitrogens with one attached hydrogen (secondary N) is 3. The highest BCUT2D eigenvalue weighted by atomic mass is 16.6. The summed E-state index contributed by atoms with van der Waals surface area (Å²) in [4.78, 5) is 60.7. The summed E-state index contributed by atoms with van der Waals surface area (Å²) in [6.45, 7) is 12.9. The van der Waals surface area contributed by atoms with Crippen molar-refractivity contribution in [2.24, 2.45) is 0 Å². The van der Waals surface area contributed by atoms with Crippen LogP contribution in [-0.2, 0) is 42.8 Å². The molecule has 4 amide bonds. The first-order valence-corrected chi connectivity index (χ1v) is 14.6. The lowest BCUT2D eigenvalue weighted by atomic mass is 10.2. The molecule has 0 radical (unpaired) electrons. The molecule has 0 saturated carbocycles. The molecule has 0 atom stereocenters. The van der Waals surface area contributed by atoms with Crippen LogP contribution in [0.25, 0.3) is 0 Å². The molecule has 0 aromatic carbocycles. The van der Waals surface area contributed by atoms with Gasteiger partial charge in [0.15, 0.2) is 0 Å². The standard InChI is InChI=1S/C28H52N4O12/c1-27(2,3)43-25(37)30-9-12-32(13-10-31-26(38)44-28(4,5)6)23(34)8-7-22(33)29-11-14-39-15-16-40-17-18-41-19-20-42-21-24(35)36/h7-21H2,1-6H3,(H,29,33)(H,30,37)(H,31,38)(H,35,36). The molecular weight excluding hydrogens is 584 g/mol. The van der Waals surface area contributed by atoms with Crippen LogP contribution in [0.4, 0.5) is 9.59 Å². The van der Waals surface area contributed by atoms with Gasteiger partial charge in [0.25, 0.3) is 0 Å². The molecule has 0 aromatic heterocycles. The number of ether oxygens (including phenoxy) is 6. The number of alkyl carbamates (subject to hydrolysis) is 2. The largest absolute Gasteiger partial charge is 0.480 e. The molecule has 16 nitrogen and oxygen atoms in total. The smallest absolute Gasteiger partial charge is 0.407 e. The van der Waals surface area contributed by atoms with E-state index < -0.39 is 29.4 Å². The molecule has 0 spiro atoms. The molecule has 0 aromatic rings. The van der Waals surface area contributed by atoms with Crippen LogP contribution in [0, 0.1) is 0 Å². The Hall–Kier alpha value is -3.21. The summed E-state index contributed by atoms with van der Waals surface area (Å²) in [5.74, 6) is -1.67. The number of hydrogen-bond acceptors (Lipinski definition) is 11. The number of rotatable bonds is 23. The van der Waals surface area contributed by atoms with Crippen LogP contribution in [-0.4, -0.2) is 137 Å². The quantitative estimate of drug-likeness (QED) is 0.116. The first-order chi connectivity index (χ1) is 20.6. The molecular formula is C28H52N4O12. The Morgan fingerprint density at radius 3 is 1.45 bits per heavy atom. The molecule has 0 rings (SSSR count). The number of nitrogens with zero attached hydrogens (tertiary/aromatic N) is 1. The molecule has 0 aliphatic rings. The van der Waals surface area contributed by atoms with E-state index in [2.05, 4.69) is 16.0 Å². The highest BCUT2D eigenvalue weighted by Crippen LogP contribution is 2.07. The second-order valence-corrected chi connectivity index (χ2v) is 11.4. The molecule has 0 bridgehead atoms. The second kappa shape index (κ2) is 23.2. The number of carboxylic acid groups (broad SMARTS) is 1. The van der Waals surface area contributed by atoms with Crippen LogP contribution in [0.5, 0.6) is 0 Å². The summed E-state index contributed by atoms with van der Waals surface area (Å²) in [5, 5.41) is 16.3. The van der Waals surface area contributed by atoms with E-state index in [0.29, 0.717) is 26.4 Å². The Bertz CT molecular complexity index is 825. The minimum absolute atomic E-state index is 0.0429. The first-order valence-electron chi connectivity index (χ1n) is 14.6. The van der Waals surface area contributed by atoms with Crippen LogP contribution >= 0.6 is 0 Å². The number of carbonyl (C=O) groups is 5. The Morgan fingerprint density at radius 1 is 0.591 bits per heavy atom. The lowest BCUT2D eigenvalue weighted by molar-refractivity contribution is -0.142. The SMILES string of the molecule is CC(C)(C)OC(=O)NCCN(CCNC(=O)OC(C)(C)C)C(=O)CCC(=O)NCCOCCOCCOCCOCC(=O)O. The molecule has 0 heterocycles. The zero-order valence-electron chi connectivity index (χ0n) is 27.0. The van der Waals surface area contributed by atoms with E-state index in [-0.39, 0.29) is 83.8 Å². The van der Waals surface area contributed by atoms with Crippen LogP contribution in [0.3, 0.4) is 0 Å². The van der Waals surface area contributed by atoms with Crippen LogP contribution in [0.15, 0.2) is 0 Å². The maximum atomic E-state index is 12.9. The average Bonchev–Trinajstić information content (AvgIpc) is 2.88. The topological polar surface area (TPSA) is 200 Å². The number of aliphatic carboxylic acids is 1. The lowest BCUT2D eigenvalue weighted by Crippen LogP contribution is -2.44. The Labute approximate surface area is 259 Å². The van der Waals surface area contributed by atoms with Gasteiger partial charge in [0.05, 0.1) is 46.2 Å². The van der Waals surface area contributed by atoms with Crippen molar-refractivity contribution in [2.75, 3.05) is 85.6 Å². The van der Waals surface area contributed by atoms with Gasteiger partial charge in [-0.15, -0.1) is 0 Å². The van der Waals surface area contributed by atoms with E-state index in [1.165, 1.54) is 4.90 Å². The van der Waals surface area contributed by atoms with E-state index in [1.54, 1.807) is 41.5 Å². The Balaban J connectivity index is 4.26. The van der Waals surface area contributed by atoms with E-state index in [0.717, 1.165) is 0 Å². The van der Waals surface area contributed by atoms with Crippen molar-refractivity contribution in [3.8, 4) is 0 Å². The van der Waals surface area contributed by atoms with Gasteiger partial charge in [-0.05, 0) is 41.5 Å². The van der Waals surface area contributed by atoms with E-state index in [4.69, 9.17) is 33.5 Å². The summed E-state index contributed by atoms with van der Waals surface area (Å²) in [7, 11) is 0. The van der Waals surface area contributed by atoms with Gasteiger partial charge in [-0.2, -0.15) is 0 Å². The summed E-state index contributed by atoms with van der Waals surface area (Å²) in [6.07, 6.45) is -1.33. The Morgan fingerprint density at radius 2 is 1.02 bits per heavy atom. The zero-order chi connectivity index (χ0) is 33.4. The molecule has 4 N–H and O–H groups in total. The van der Waals surface area contributed by atoms with Crippen LogP contribution in [0.2, 0.25) is 0 Å². The average molecular weight is 637 g/mol. The predicted octanol–water partition coefficient (Wildman–Crippen LogP) is 0.912. The first kappa shape index (κ1) is 40.8. The minimum Gasteiger partial charge on any atom is -0.480 e. The third-order valence-corrected chi connectivity index (χ3v) is 4.93. The fourth-order valence-electron chi connectivity index (χ4n) is 3.12. The molecule has 0 unspecified atom stereocenters. The maximum absolute atomic E-state index is 12.9. The lowest BCUT2D eigenvalue weighted by Gasteiger charge is -2.25. The molecule has 0 fully saturated rings. The molecule has 16 heteroatoms. The van der Waals surface area contributed by atoms with Crippen molar-refractivity contribution >= 4 is 30.0 Å². The van der Waals surface area contributed by atoms with Crippen LogP contribution in [0.1, 0.15) is 54.4 Å². The molecule has 256 valence electrons. The van der Waals surface area contributed by atoms with Crippen molar-refractivity contribution in [3.05, 3.63) is 0 Å². The van der Waals surface area contributed by atoms with Gasteiger partial charge < -0.3 is 54.4 Å². The van der Waals surface area contributed by atoms with Crippen LogP contribution < -0.4 is 16.0 Å². The molecule has 44 heavy (non-hydrogen) atoms.